The summed E-state index contributed by atoms with van der Waals surface area (Å²) in [6, 6.07) is 11.6. The number of imidazole rings is 1. The molecule has 16 heteroatoms. The third kappa shape index (κ3) is 5.66. The number of nitrogens with zero attached hydrogens (tertiary/aromatic N) is 4. The summed E-state index contributed by atoms with van der Waals surface area (Å²) in [7, 11) is -4.35. The second-order valence-electron chi connectivity index (χ2n) is 10.7. The first-order valence-corrected chi connectivity index (χ1v) is 15.5. The molecule has 0 radical (unpaired) electrons. The molecule has 0 aliphatic carbocycles. The first-order chi connectivity index (χ1) is 21.0. The summed E-state index contributed by atoms with van der Waals surface area (Å²) in [4.78, 5) is 37.4. The van der Waals surface area contributed by atoms with Crippen LogP contribution in [0.1, 0.15) is 33.9 Å². The number of benzene rings is 2. The van der Waals surface area contributed by atoms with Crippen molar-refractivity contribution in [2.75, 3.05) is 5.73 Å². The normalized spacial score (nSPS) is 24.0. The van der Waals surface area contributed by atoms with Crippen molar-refractivity contribution in [3.05, 3.63) is 55.1 Å². The highest BCUT2D eigenvalue weighted by atomic mass is 31.2. The van der Waals surface area contributed by atoms with E-state index in [1.807, 2.05) is 30.3 Å². The number of hydrogen-bond acceptors (Lipinski definition) is 13. The molecule has 15 nitrogen and oxygen atoms in total. The quantitative estimate of drug-likeness (QED) is 0.191. The molecular weight excluding hydrogens is 595 g/mol. The van der Waals surface area contributed by atoms with Crippen LogP contribution in [0.2, 0.25) is 0 Å². The Morgan fingerprint density at radius 2 is 1.80 bits per heavy atom. The number of carbonyl (C=O) groups is 2. The lowest BCUT2D eigenvalue weighted by molar-refractivity contribution is -0.149. The average Bonchev–Trinajstić information content (AvgIpc) is 3.66. The predicted molar refractivity (Wildman–Crippen MR) is 155 cm³/mol. The molecule has 0 spiro atoms. The number of fused-ring (bicyclic) bond motifs is 3. The average molecular weight is 627 g/mol. The number of nitrogen functional groups attached to an aromatic ring is 1. The van der Waals surface area contributed by atoms with Gasteiger partial charge in [0.25, 0.3) is 0 Å². The van der Waals surface area contributed by atoms with Crippen molar-refractivity contribution < 1.29 is 42.1 Å². The largest absolute Gasteiger partial charge is 0.509 e. The second-order valence-corrected chi connectivity index (χ2v) is 12.3. The van der Waals surface area contributed by atoms with Crippen molar-refractivity contribution in [2.45, 2.75) is 70.5 Å². The third-order valence-electron chi connectivity index (χ3n) is 7.14. The molecular formula is C28H31N6O9P. The first-order valence-electron chi connectivity index (χ1n) is 13.9. The van der Waals surface area contributed by atoms with Crippen LogP contribution in [0.4, 0.5) is 10.6 Å². The molecule has 7 atom stereocenters. The zero-order valence-electron chi connectivity index (χ0n) is 24.2. The molecule has 1 unspecified atom stereocenters. The van der Waals surface area contributed by atoms with Gasteiger partial charge in [0.05, 0.1) is 18.5 Å². The molecule has 0 amide bonds. The second kappa shape index (κ2) is 11.7. The fourth-order valence-corrected chi connectivity index (χ4v) is 6.93. The molecule has 2 fully saturated rings. The summed E-state index contributed by atoms with van der Waals surface area (Å²) in [5.41, 5.74) is 6.63. The van der Waals surface area contributed by atoms with Crippen LogP contribution in [-0.2, 0) is 32.8 Å². The highest BCUT2D eigenvalue weighted by Crippen LogP contribution is 2.50. The molecule has 2 saturated heterocycles. The summed E-state index contributed by atoms with van der Waals surface area (Å²) in [6.07, 6.45) is -3.41. The van der Waals surface area contributed by atoms with E-state index in [9.17, 15) is 14.2 Å². The minimum atomic E-state index is -4.35. The molecule has 2 aromatic heterocycles. The standard InChI is InChI=1S/C28H31N6O9P/c1-14(2)38-27(35)15(3)33-44(37,43-19-11-7-9-17-8-5-6-10-18(17)19)42-16(4)21-22-23(41-28(36)40-22)26(39-21)34-13-32-20-24(29)30-12-31-25(20)34/h5-16,21-23,26H,1-4H3,(H,33,37)(H2,29,30,31)/t15-,16-,21+,22+,23+,26+,44?/m0/s1. The Kier molecular flexibility index (Phi) is 7.88. The molecule has 4 aromatic rings. The van der Waals surface area contributed by atoms with E-state index in [1.54, 1.807) is 37.5 Å². The van der Waals surface area contributed by atoms with Gasteiger partial charge >= 0.3 is 19.9 Å². The van der Waals surface area contributed by atoms with E-state index in [0.29, 0.717) is 16.6 Å². The SMILES string of the molecule is CC(C)OC(=O)[C@H](C)NP(=O)(Oc1cccc2ccccc12)O[C@@H](C)[C@H]1O[C@@H](n2cnc3c(N)ncnc32)[C@@H]2OC(=O)O[C@@H]21. The molecule has 2 aliphatic rings. The van der Waals surface area contributed by atoms with Gasteiger partial charge in [0, 0.05) is 5.39 Å². The highest BCUT2D eigenvalue weighted by molar-refractivity contribution is 7.52. The van der Waals surface area contributed by atoms with E-state index in [2.05, 4.69) is 20.0 Å². The van der Waals surface area contributed by atoms with E-state index in [4.69, 9.17) is 33.7 Å². The lowest BCUT2D eigenvalue weighted by Crippen LogP contribution is -2.41. The number of aromatic nitrogens is 4. The Labute approximate surface area is 251 Å². The smallest absolute Gasteiger partial charge is 0.462 e. The number of hydrogen-bond donors (Lipinski definition) is 2. The molecule has 44 heavy (non-hydrogen) atoms. The molecule has 2 aromatic carbocycles. The Morgan fingerprint density at radius 1 is 1.05 bits per heavy atom. The van der Waals surface area contributed by atoms with Crippen LogP contribution in [0.15, 0.2) is 55.1 Å². The van der Waals surface area contributed by atoms with Crippen molar-refractivity contribution in [1.29, 1.82) is 0 Å². The predicted octanol–water partition coefficient (Wildman–Crippen LogP) is 3.89. The zero-order valence-corrected chi connectivity index (χ0v) is 25.1. The van der Waals surface area contributed by atoms with E-state index in [1.165, 1.54) is 19.6 Å². The maximum atomic E-state index is 14.5. The van der Waals surface area contributed by atoms with Crippen molar-refractivity contribution in [2.24, 2.45) is 0 Å². The number of carbonyl (C=O) groups excluding carboxylic acids is 2. The van der Waals surface area contributed by atoms with Gasteiger partial charge in [-0.15, -0.1) is 0 Å². The van der Waals surface area contributed by atoms with E-state index in [0.717, 1.165) is 5.39 Å². The zero-order chi connectivity index (χ0) is 31.2. The van der Waals surface area contributed by atoms with Gasteiger partial charge in [0.2, 0.25) is 0 Å². The molecule has 2 aliphatic heterocycles. The fourth-order valence-electron chi connectivity index (χ4n) is 5.22. The van der Waals surface area contributed by atoms with Crippen LogP contribution in [0.5, 0.6) is 5.75 Å². The van der Waals surface area contributed by atoms with E-state index < -0.39 is 62.7 Å². The van der Waals surface area contributed by atoms with Crippen LogP contribution in [0, 0.1) is 0 Å². The van der Waals surface area contributed by atoms with Gasteiger partial charge in [0.1, 0.15) is 29.7 Å². The Hall–Kier alpha value is -4.30. The van der Waals surface area contributed by atoms with Crippen molar-refractivity contribution in [1.82, 2.24) is 24.6 Å². The van der Waals surface area contributed by atoms with Gasteiger partial charge < -0.3 is 29.2 Å². The Bertz CT molecular complexity index is 1760. The van der Waals surface area contributed by atoms with E-state index in [-0.39, 0.29) is 11.6 Å². The molecule has 0 bridgehead atoms. The summed E-state index contributed by atoms with van der Waals surface area (Å²) in [6.45, 7) is 6.48. The third-order valence-corrected chi connectivity index (χ3v) is 8.89. The minimum absolute atomic E-state index is 0.166. The first kappa shape index (κ1) is 29.8. The molecule has 0 saturated carbocycles. The van der Waals surface area contributed by atoms with Crippen LogP contribution < -0.4 is 15.3 Å². The summed E-state index contributed by atoms with van der Waals surface area (Å²) in [5, 5.41) is 4.22. The lowest BCUT2D eigenvalue weighted by Gasteiger charge is -2.29. The minimum Gasteiger partial charge on any atom is -0.462 e. The maximum absolute atomic E-state index is 14.5. The van der Waals surface area contributed by atoms with Gasteiger partial charge in [-0.2, -0.15) is 5.09 Å². The topological polar surface area (TPSA) is 188 Å². The van der Waals surface area contributed by atoms with E-state index >= 15 is 0 Å². The van der Waals surface area contributed by atoms with Crippen molar-refractivity contribution in [3.63, 3.8) is 0 Å². The highest BCUT2D eigenvalue weighted by Gasteiger charge is 2.58. The monoisotopic (exact) mass is 626 g/mol. The van der Waals surface area contributed by atoms with Gasteiger partial charge in [-0.05, 0) is 39.1 Å². The Balaban J connectivity index is 1.30. The van der Waals surface area contributed by atoms with Gasteiger partial charge in [-0.1, -0.05) is 36.4 Å². The summed E-state index contributed by atoms with van der Waals surface area (Å²) in [5.74, 6) is -0.225. The van der Waals surface area contributed by atoms with Crippen LogP contribution >= 0.6 is 7.75 Å². The van der Waals surface area contributed by atoms with Gasteiger partial charge in [0.15, 0.2) is 29.9 Å². The number of esters is 1. The van der Waals surface area contributed by atoms with Crippen LogP contribution in [-0.4, -0.2) is 68.2 Å². The number of anilines is 1. The van der Waals surface area contributed by atoms with Gasteiger partial charge in [-0.3, -0.25) is 13.9 Å². The molecule has 232 valence electrons. The molecule has 3 N–H and O–H groups in total. The summed E-state index contributed by atoms with van der Waals surface area (Å²) < 4.78 is 50.6. The number of nitrogens with two attached hydrogens (primary N) is 1. The van der Waals surface area contributed by atoms with Crippen LogP contribution in [0.25, 0.3) is 21.9 Å². The number of nitrogens with one attached hydrogen (secondary N) is 1. The molecule has 4 heterocycles. The lowest BCUT2D eigenvalue weighted by atomic mass is 10.1. The fraction of sp³-hybridized carbons (Fsp3) is 0.393. The molecule has 6 rings (SSSR count). The summed E-state index contributed by atoms with van der Waals surface area (Å²) >= 11 is 0. The number of rotatable bonds is 10. The van der Waals surface area contributed by atoms with Crippen molar-refractivity contribution >= 4 is 47.6 Å². The van der Waals surface area contributed by atoms with Gasteiger partial charge in [-0.25, -0.2) is 24.3 Å². The maximum Gasteiger partial charge on any atom is 0.509 e. The Morgan fingerprint density at radius 3 is 2.59 bits per heavy atom. The van der Waals surface area contributed by atoms with Crippen molar-refractivity contribution in [3.8, 4) is 5.75 Å². The van der Waals surface area contributed by atoms with Crippen LogP contribution in [0.3, 0.4) is 0 Å². The number of ether oxygens (including phenoxy) is 4.